The minimum Gasteiger partial charge on any atom is -0.356 e. The van der Waals surface area contributed by atoms with E-state index in [0.29, 0.717) is 37.9 Å². The van der Waals surface area contributed by atoms with Crippen molar-refractivity contribution in [3.63, 3.8) is 0 Å². The van der Waals surface area contributed by atoms with Crippen LogP contribution in [0, 0.1) is 11.7 Å². The predicted octanol–water partition coefficient (Wildman–Crippen LogP) is 1.79. The van der Waals surface area contributed by atoms with Gasteiger partial charge >= 0.3 is 0 Å². The second kappa shape index (κ2) is 7.76. The van der Waals surface area contributed by atoms with Gasteiger partial charge < -0.3 is 10.6 Å². The van der Waals surface area contributed by atoms with E-state index in [1.54, 1.807) is 18.2 Å². The van der Waals surface area contributed by atoms with Crippen LogP contribution in [0.15, 0.2) is 24.3 Å². The highest BCUT2D eigenvalue weighted by molar-refractivity contribution is 5.81. The van der Waals surface area contributed by atoms with Gasteiger partial charge in [0.15, 0.2) is 0 Å². The SMILES string of the molecule is O=C(CCCNC(=O)C1CC1)NCCc1ccccc1F. The first-order valence-electron chi connectivity index (χ1n) is 7.44. The van der Waals surface area contributed by atoms with E-state index in [-0.39, 0.29) is 23.5 Å². The van der Waals surface area contributed by atoms with Crippen LogP contribution in [0.5, 0.6) is 0 Å². The third-order valence-corrected chi connectivity index (χ3v) is 3.50. The molecule has 0 heterocycles. The minimum absolute atomic E-state index is 0.0630. The third kappa shape index (κ3) is 5.53. The number of rotatable bonds is 8. The molecule has 0 aliphatic heterocycles. The maximum absolute atomic E-state index is 13.4. The molecule has 0 bridgehead atoms. The summed E-state index contributed by atoms with van der Waals surface area (Å²) in [7, 11) is 0. The maximum atomic E-state index is 13.4. The Morgan fingerprint density at radius 2 is 1.90 bits per heavy atom. The number of carbonyl (C=O) groups is 2. The summed E-state index contributed by atoms with van der Waals surface area (Å²) < 4.78 is 13.4. The molecule has 5 heteroatoms. The fourth-order valence-corrected chi connectivity index (χ4v) is 2.08. The van der Waals surface area contributed by atoms with Crippen LogP contribution in [0.4, 0.5) is 4.39 Å². The van der Waals surface area contributed by atoms with Crippen LogP contribution in [-0.4, -0.2) is 24.9 Å². The summed E-state index contributed by atoms with van der Waals surface area (Å²) in [6.07, 6.45) is 3.47. The average molecular weight is 292 g/mol. The number of halogens is 1. The molecule has 21 heavy (non-hydrogen) atoms. The Morgan fingerprint density at radius 3 is 2.62 bits per heavy atom. The molecule has 0 radical (unpaired) electrons. The zero-order valence-corrected chi connectivity index (χ0v) is 12.0. The molecule has 2 N–H and O–H groups in total. The number of benzene rings is 1. The van der Waals surface area contributed by atoms with Crippen LogP contribution in [-0.2, 0) is 16.0 Å². The van der Waals surface area contributed by atoms with E-state index in [1.807, 2.05) is 0 Å². The highest BCUT2D eigenvalue weighted by atomic mass is 19.1. The molecule has 2 amide bonds. The second-order valence-electron chi connectivity index (χ2n) is 5.36. The molecule has 1 fully saturated rings. The summed E-state index contributed by atoms with van der Waals surface area (Å²) in [6.45, 7) is 0.963. The molecule has 0 spiro atoms. The first kappa shape index (κ1) is 15.5. The van der Waals surface area contributed by atoms with Gasteiger partial charge in [0, 0.05) is 25.4 Å². The van der Waals surface area contributed by atoms with Crippen molar-refractivity contribution < 1.29 is 14.0 Å². The highest BCUT2D eigenvalue weighted by Gasteiger charge is 2.28. The van der Waals surface area contributed by atoms with Crippen LogP contribution in [0.25, 0.3) is 0 Å². The normalized spacial score (nSPS) is 13.8. The van der Waals surface area contributed by atoms with Gasteiger partial charge in [-0.25, -0.2) is 4.39 Å². The molecule has 0 aromatic heterocycles. The van der Waals surface area contributed by atoms with Gasteiger partial charge in [0.2, 0.25) is 11.8 Å². The van der Waals surface area contributed by atoms with Gasteiger partial charge in [-0.05, 0) is 37.3 Å². The van der Waals surface area contributed by atoms with Gasteiger partial charge in [0.05, 0.1) is 0 Å². The van der Waals surface area contributed by atoms with Crippen molar-refractivity contribution in [1.82, 2.24) is 10.6 Å². The number of hydrogen-bond donors (Lipinski definition) is 2. The summed E-state index contributed by atoms with van der Waals surface area (Å²) >= 11 is 0. The van der Waals surface area contributed by atoms with E-state index in [2.05, 4.69) is 10.6 Å². The molecular formula is C16H21FN2O2. The number of hydrogen-bond acceptors (Lipinski definition) is 2. The van der Waals surface area contributed by atoms with Crippen molar-refractivity contribution in [2.45, 2.75) is 32.1 Å². The Balaban J connectivity index is 1.53. The highest BCUT2D eigenvalue weighted by Crippen LogP contribution is 2.28. The largest absolute Gasteiger partial charge is 0.356 e. The Labute approximate surface area is 124 Å². The van der Waals surface area contributed by atoms with E-state index in [0.717, 1.165) is 12.8 Å². The number of amides is 2. The van der Waals surface area contributed by atoms with E-state index in [4.69, 9.17) is 0 Å². The predicted molar refractivity (Wildman–Crippen MR) is 78.1 cm³/mol. The fraction of sp³-hybridized carbons (Fsp3) is 0.500. The van der Waals surface area contributed by atoms with E-state index >= 15 is 0 Å². The standard InChI is InChI=1S/C16H21FN2O2/c17-14-5-2-1-4-12(14)9-11-18-15(20)6-3-10-19-16(21)13-7-8-13/h1-2,4-5,13H,3,6-11H2,(H,18,20)(H,19,21). The van der Waals surface area contributed by atoms with Gasteiger partial charge in [-0.1, -0.05) is 18.2 Å². The van der Waals surface area contributed by atoms with Gasteiger partial charge in [-0.2, -0.15) is 0 Å². The molecule has 0 unspecified atom stereocenters. The zero-order chi connectivity index (χ0) is 15.1. The first-order chi connectivity index (χ1) is 10.2. The fourth-order valence-electron chi connectivity index (χ4n) is 2.08. The maximum Gasteiger partial charge on any atom is 0.223 e. The summed E-state index contributed by atoms with van der Waals surface area (Å²) in [5, 5.41) is 5.58. The molecule has 1 aromatic rings. The monoisotopic (exact) mass is 292 g/mol. The van der Waals surface area contributed by atoms with Crippen LogP contribution >= 0.6 is 0 Å². The van der Waals surface area contributed by atoms with Crippen molar-refractivity contribution >= 4 is 11.8 Å². The van der Waals surface area contributed by atoms with Gasteiger partial charge in [0.1, 0.15) is 5.82 Å². The summed E-state index contributed by atoms with van der Waals surface area (Å²) in [4.78, 5) is 23.0. The average Bonchev–Trinajstić information content (AvgIpc) is 3.30. The van der Waals surface area contributed by atoms with Crippen LogP contribution < -0.4 is 10.6 Å². The summed E-state index contributed by atoms with van der Waals surface area (Å²) in [5.74, 6) is 0.0103. The van der Waals surface area contributed by atoms with Gasteiger partial charge in [-0.15, -0.1) is 0 Å². The molecule has 1 aliphatic carbocycles. The smallest absolute Gasteiger partial charge is 0.223 e. The van der Waals surface area contributed by atoms with E-state index in [9.17, 15) is 14.0 Å². The Hall–Kier alpha value is -1.91. The lowest BCUT2D eigenvalue weighted by Gasteiger charge is -2.07. The lowest BCUT2D eigenvalue weighted by atomic mass is 10.1. The first-order valence-corrected chi connectivity index (χ1v) is 7.44. The van der Waals surface area contributed by atoms with Crippen molar-refractivity contribution in [3.05, 3.63) is 35.6 Å². The molecule has 1 aliphatic rings. The molecule has 114 valence electrons. The van der Waals surface area contributed by atoms with Crippen molar-refractivity contribution in [3.8, 4) is 0 Å². The minimum atomic E-state index is -0.241. The quantitative estimate of drug-likeness (QED) is 0.718. The molecule has 0 saturated heterocycles. The van der Waals surface area contributed by atoms with Crippen LogP contribution in [0.1, 0.15) is 31.2 Å². The van der Waals surface area contributed by atoms with E-state index < -0.39 is 0 Å². The molecule has 1 aromatic carbocycles. The lowest BCUT2D eigenvalue weighted by molar-refractivity contribution is -0.123. The molecule has 4 nitrogen and oxygen atoms in total. The van der Waals surface area contributed by atoms with Crippen molar-refractivity contribution in [2.75, 3.05) is 13.1 Å². The van der Waals surface area contributed by atoms with E-state index in [1.165, 1.54) is 6.07 Å². The Morgan fingerprint density at radius 1 is 1.14 bits per heavy atom. The second-order valence-corrected chi connectivity index (χ2v) is 5.36. The molecule has 1 saturated carbocycles. The Kier molecular flexibility index (Phi) is 5.72. The van der Waals surface area contributed by atoms with Crippen molar-refractivity contribution in [2.24, 2.45) is 5.92 Å². The third-order valence-electron chi connectivity index (χ3n) is 3.50. The Bertz CT molecular complexity index is 501. The lowest BCUT2D eigenvalue weighted by Crippen LogP contribution is -2.29. The molecule has 0 atom stereocenters. The van der Waals surface area contributed by atoms with Crippen molar-refractivity contribution in [1.29, 1.82) is 0 Å². The van der Waals surface area contributed by atoms with Gasteiger partial charge in [0.25, 0.3) is 0 Å². The number of nitrogens with one attached hydrogen (secondary N) is 2. The molecule has 2 rings (SSSR count). The zero-order valence-electron chi connectivity index (χ0n) is 12.0. The number of carbonyl (C=O) groups excluding carboxylic acids is 2. The topological polar surface area (TPSA) is 58.2 Å². The van der Waals surface area contributed by atoms with Gasteiger partial charge in [-0.3, -0.25) is 9.59 Å². The van der Waals surface area contributed by atoms with Crippen LogP contribution in [0.2, 0.25) is 0 Å². The summed E-state index contributed by atoms with van der Waals surface area (Å²) in [5.41, 5.74) is 0.606. The summed E-state index contributed by atoms with van der Waals surface area (Å²) in [6, 6.07) is 6.56. The van der Waals surface area contributed by atoms with Crippen LogP contribution in [0.3, 0.4) is 0 Å². The molecular weight excluding hydrogens is 271 g/mol.